The minimum atomic E-state index is -0.699. The number of carbonyl (C=O) groups is 2. The zero-order chi connectivity index (χ0) is 16.6. The van der Waals surface area contributed by atoms with Gasteiger partial charge in [0.05, 0.1) is 16.3 Å². The van der Waals surface area contributed by atoms with E-state index in [1.807, 2.05) is 0 Å². The van der Waals surface area contributed by atoms with Crippen LogP contribution in [0.2, 0.25) is 5.02 Å². The lowest BCUT2D eigenvalue weighted by Gasteiger charge is -2.26. The number of anilines is 2. The van der Waals surface area contributed by atoms with E-state index in [-0.39, 0.29) is 23.1 Å². The summed E-state index contributed by atoms with van der Waals surface area (Å²) < 4.78 is 19.1. The van der Waals surface area contributed by atoms with E-state index >= 15 is 0 Å². The van der Waals surface area contributed by atoms with Crippen molar-refractivity contribution >= 4 is 34.8 Å². The summed E-state index contributed by atoms with van der Waals surface area (Å²) in [5.41, 5.74) is 0.791. The molecule has 0 aromatic heterocycles. The average molecular weight is 335 g/mol. The van der Waals surface area contributed by atoms with Gasteiger partial charge in [-0.25, -0.2) is 4.39 Å². The molecule has 0 aliphatic carbocycles. The number of carbonyl (C=O) groups excluding carboxylic acids is 2. The van der Waals surface area contributed by atoms with Crippen LogP contribution in [-0.4, -0.2) is 25.5 Å². The Kier molecular flexibility index (Phi) is 3.92. The van der Waals surface area contributed by atoms with E-state index in [0.717, 1.165) is 6.07 Å². The molecular formula is C16H12ClFN2O3. The predicted octanol–water partition coefficient (Wildman–Crippen LogP) is 3.09. The third-order valence-corrected chi connectivity index (χ3v) is 3.81. The van der Waals surface area contributed by atoms with Crippen LogP contribution >= 0.6 is 11.6 Å². The summed E-state index contributed by atoms with van der Waals surface area (Å²) in [5.74, 6) is -1.06. The van der Waals surface area contributed by atoms with Crippen molar-refractivity contribution in [1.29, 1.82) is 0 Å². The van der Waals surface area contributed by atoms with Gasteiger partial charge in [-0.2, -0.15) is 0 Å². The van der Waals surface area contributed by atoms with Crippen molar-refractivity contribution in [3.63, 3.8) is 0 Å². The van der Waals surface area contributed by atoms with Gasteiger partial charge in [0, 0.05) is 18.8 Å². The van der Waals surface area contributed by atoms with Gasteiger partial charge in [0.2, 0.25) is 0 Å². The molecule has 0 bridgehead atoms. The van der Waals surface area contributed by atoms with Gasteiger partial charge in [-0.1, -0.05) is 17.7 Å². The number of amides is 2. The highest BCUT2D eigenvalue weighted by Gasteiger charge is 2.23. The van der Waals surface area contributed by atoms with Gasteiger partial charge in [0.15, 0.2) is 6.61 Å². The van der Waals surface area contributed by atoms with Gasteiger partial charge in [0.1, 0.15) is 11.6 Å². The summed E-state index contributed by atoms with van der Waals surface area (Å²) in [5, 5.41) is 2.60. The van der Waals surface area contributed by atoms with Crippen LogP contribution in [0.4, 0.5) is 15.8 Å². The first-order valence-electron chi connectivity index (χ1n) is 6.76. The highest BCUT2D eigenvalue weighted by atomic mass is 35.5. The van der Waals surface area contributed by atoms with E-state index in [1.165, 1.54) is 17.0 Å². The molecule has 118 valence electrons. The van der Waals surface area contributed by atoms with Crippen molar-refractivity contribution < 1.29 is 18.7 Å². The smallest absolute Gasteiger partial charge is 0.264 e. The Labute approximate surface area is 136 Å². The van der Waals surface area contributed by atoms with Crippen LogP contribution in [-0.2, 0) is 4.79 Å². The lowest BCUT2D eigenvalue weighted by molar-refractivity contribution is -0.120. The first-order chi connectivity index (χ1) is 11.0. The van der Waals surface area contributed by atoms with Crippen LogP contribution in [0.1, 0.15) is 10.4 Å². The molecule has 0 atom stereocenters. The molecule has 1 N–H and O–H groups in total. The quantitative estimate of drug-likeness (QED) is 0.918. The molecule has 2 amide bonds. The Balaban J connectivity index is 1.87. The molecule has 1 heterocycles. The number of nitrogens with zero attached hydrogens (tertiary/aromatic N) is 1. The van der Waals surface area contributed by atoms with Gasteiger partial charge >= 0.3 is 0 Å². The second-order valence-electron chi connectivity index (χ2n) is 4.97. The van der Waals surface area contributed by atoms with Crippen molar-refractivity contribution in [2.24, 2.45) is 0 Å². The van der Waals surface area contributed by atoms with Crippen LogP contribution in [0.5, 0.6) is 5.75 Å². The fraction of sp³-hybridized carbons (Fsp3) is 0.125. The lowest BCUT2D eigenvalue weighted by Crippen LogP contribution is -2.35. The molecule has 0 radical (unpaired) electrons. The second-order valence-corrected chi connectivity index (χ2v) is 5.38. The van der Waals surface area contributed by atoms with E-state index in [1.54, 1.807) is 25.2 Å². The van der Waals surface area contributed by atoms with Crippen molar-refractivity contribution in [2.45, 2.75) is 0 Å². The Bertz CT molecular complexity index is 790. The van der Waals surface area contributed by atoms with Crippen LogP contribution in [0.3, 0.4) is 0 Å². The van der Waals surface area contributed by atoms with Gasteiger partial charge in [0.25, 0.3) is 11.8 Å². The van der Waals surface area contributed by atoms with Gasteiger partial charge in [-0.05, 0) is 24.3 Å². The topological polar surface area (TPSA) is 58.6 Å². The van der Waals surface area contributed by atoms with Crippen LogP contribution in [0.15, 0.2) is 36.4 Å². The molecule has 0 saturated heterocycles. The van der Waals surface area contributed by atoms with E-state index < -0.39 is 11.7 Å². The number of nitrogens with one attached hydrogen (secondary N) is 1. The minimum Gasteiger partial charge on any atom is -0.481 e. The summed E-state index contributed by atoms with van der Waals surface area (Å²) in [4.78, 5) is 25.2. The largest absolute Gasteiger partial charge is 0.481 e. The molecule has 1 aliphatic heterocycles. The van der Waals surface area contributed by atoms with Gasteiger partial charge in [-0.3, -0.25) is 9.59 Å². The molecule has 5 nitrogen and oxygen atoms in total. The number of rotatable bonds is 2. The summed E-state index contributed by atoms with van der Waals surface area (Å²) in [7, 11) is 1.64. The fourth-order valence-corrected chi connectivity index (χ4v) is 2.51. The van der Waals surface area contributed by atoms with Crippen molar-refractivity contribution in [3.05, 3.63) is 52.8 Å². The minimum absolute atomic E-state index is 0.0297. The second kappa shape index (κ2) is 5.89. The van der Waals surface area contributed by atoms with Gasteiger partial charge in [-0.15, -0.1) is 0 Å². The summed E-state index contributed by atoms with van der Waals surface area (Å²) in [6.45, 7) is -0.0694. The van der Waals surface area contributed by atoms with Gasteiger partial charge < -0.3 is 15.0 Å². The number of ether oxygens (including phenoxy) is 1. The number of likely N-dealkylation sites (N-methyl/N-ethyl adjacent to an activating group) is 1. The number of fused-ring (bicyclic) bond motifs is 1. The Morgan fingerprint density at radius 1 is 1.35 bits per heavy atom. The monoisotopic (exact) mass is 334 g/mol. The normalized spacial score (nSPS) is 13.3. The zero-order valence-electron chi connectivity index (χ0n) is 12.1. The Hall–Kier alpha value is -2.60. The molecule has 23 heavy (non-hydrogen) atoms. The number of hydrogen-bond donors (Lipinski definition) is 1. The van der Waals surface area contributed by atoms with Crippen molar-refractivity contribution in [3.8, 4) is 5.75 Å². The van der Waals surface area contributed by atoms with Crippen LogP contribution < -0.4 is 15.0 Å². The molecule has 0 spiro atoms. The maximum atomic E-state index is 13.8. The third kappa shape index (κ3) is 2.85. The zero-order valence-corrected chi connectivity index (χ0v) is 12.9. The number of hydrogen-bond acceptors (Lipinski definition) is 3. The number of benzene rings is 2. The highest BCUT2D eigenvalue weighted by molar-refractivity contribution is 6.34. The molecule has 2 aromatic rings. The van der Waals surface area contributed by atoms with Crippen LogP contribution in [0.25, 0.3) is 0 Å². The maximum Gasteiger partial charge on any atom is 0.264 e. The summed E-state index contributed by atoms with van der Waals surface area (Å²) in [6.07, 6.45) is 0. The first-order valence-corrected chi connectivity index (χ1v) is 7.14. The van der Waals surface area contributed by atoms with E-state index in [9.17, 15) is 14.0 Å². The molecule has 0 fully saturated rings. The molecular weight excluding hydrogens is 323 g/mol. The highest BCUT2D eigenvalue weighted by Crippen LogP contribution is 2.34. The van der Waals surface area contributed by atoms with Crippen molar-refractivity contribution in [1.82, 2.24) is 0 Å². The molecule has 2 aromatic carbocycles. The number of halogens is 2. The fourth-order valence-electron chi connectivity index (χ4n) is 2.26. The first kappa shape index (κ1) is 15.3. The maximum absolute atomic E-state index is 13.8. The Morgan fingerprint density at radius 3 is 2.87 bits per heavy atom. The molecule has 0 unspecified atom stereocenters. The molecule has 1 aliphatic rings. The Morgan fingerprint density at radius 2 is 2.13 bits per heavy atom. The molecule has 0 saturated carbocycles. The predicted molar refractivity (Wildman–Crippen MR) is 84.7 cm³/mol. The van der Waals surface area contributed by atoms with E-state index in [0.29, 0.717) is 17.1 Å². The molecule has 7 heteroatoms. The SMILES string of the molecule is CN1C(=O)COc2cc(NC(=O)c3c(F)cccc3Cl)ccc21. The summed E-state index contributed by atoms with van der Waals surface area (Å²) in [6, 6.07) is 8.85. The van der Waals surface area contributed by atoms with Crippen molar-refractivity contribution in [2.75, 3.05) is 23.9 Å². The third-order valence-electron chi connectivity index (χ3n) is 3.49. The summed E-state index contributed by atoms with van der Waals surface area (Å²) >= 11 is 5.87. The molecule has 3 rings (SSSR count). The average Bonchev–Trinajstić information content (AvgIpc) is 2.51. The van der Waals surface area contributed by atoms with E-state index in [2.05, 4.69) is 5.32 Å². The van der Waals surface area contributed by atoms with E-state index in [4.69, 9.17) is 16.3 Å². The van der Waals surface area contributed by atoms with Crippen LogP contribution in [0, 0.1) is 5.82 Å². The lowest BCUT2D eigenvalue weighted by atomic mass is 10.1. The standard InChI is InChI=1S/C16H12ClFN2O3/c1-20-12-6-5-9(7-13(12)23-8-14(20)21)19-16(22)15-10(17)3-2-4-11(15)18/h2-7H,8H2,1H3,(H,19,22).